The Kier molecular flexibility index (Phi) is 8.33. The van der Waals surface area contributed by atoms with Gasteiger partial charge in [-0.05, 0) is 30.5 Å². The summed E-state index contributed by atoms with van der Waals surface area (Å²) >= 11 is 0. The van der Waals surface area contributed by atoms with E-state index in [1.54, 1.807) is 18.2 Å². The van der Waals surface area contributed by atoms with Gasteiger partial charge in [0, 0.05) is 11.8 Å². The van der Waals surface area contributed by atoms with Crippen molar-refractivity contribution in [3.63, 3.8) is 0 Å². The summed E-state index contributed by atoms with van der Waals surface area (Å²) in [6.45, 7) is 6.22. The summed E-state index contributed by atoms with van der Waals surface area (Å²) in [6.07, 6.45) is -0.646. The third-order valence-electron chi connectivity index (χ3n) is 4.17. The van der Waals surface area contributed by atoms with E-state index >= 15 is 0 Å². The number of carbonyl (C=O) groups is 2. The molecule has 0 aliphatic carbocycles. The van der Waals surface area contributed by atoms with Crippen LogP contribution in [-0.2, 0) is 16.1 Å². The maximum absolute atomic E-state index is 12.7. The molecule has 2 N–H and O–H groups in total. The number of hydrogen-bond acceptors (Lipinski definition) is 5. The highest BCUT2D eigenvalue weighted by Gasteiger charge is 2.25. The fourth-order valence-corrected chi connectivity index (χ4v) is 2.67. The molecule has 2 aromatic rings. The third kappa shape index (κ3) is 6.71. The normalized spacial score (nSPS) is 11.5. The van der Waals surface area contributed by atoms with Gasteiger partial charge in [0.1, 0.15) is 12.6 Å². The van der Waals surface area contributed by atoms with E-state index in [0.717, 1.165) is 5.56 Å². The van der Waals surface area contributed by atoms with Crippen LogP contribution in [0.4, 0.5) is 10.5 Å². The van der Waals surface area contributed by atoms with Gasteiger partial charge in [-0.15, -0.1) is 0 Å². The summed E-state index contributed by atoms with van der Waals surface area (Å²) in [5.41, 5.74) is 1.41. The molecule has 0 aliphatic rings. The number of ether oxygens (including phenoxy) is 3. The van der Waals surface area contributed by atoms with E-state index in [1.165, 1.54) is 7.11 Å². The van der Waals surface area contributed by atoms with E-state index < -0.39 is 12.1 Å². The van der Waals surface area contributed by atoms with Gasteiger partial charge in [0.2, 0.25) is 5.91 Å². The SMILES string of the molecule is CCOc1ccc(NC(=O)[C@@H](NC(=O)OCc2ccccc2)C(C)C)cc1OC. The van der Waals surface area contributed by atoms with Crippen LogP contribution in [0.3, 0.4) is 0 Å². The van der Waals surface area contributed by atoms with E-state index in [9.17, 15) is 9.59 Å². The smallest absolute Gasteiger partial charge is 0.408 e. The zero-order chi connectivity index (χ0) is 21.2. The molecule has 0 aromatic heterocycles. The maximum atomic E-state index is 12.7. The monoisotopic (exact) mass is 400 g/mol. The zero-order valence-electron chi connectivity index (χ0n) is 17.2. The number of nitrogens with one attached hydrogen (secondary N) is 2. The Hall–Kier alpha value is -3.22. The molecule has 0 aliphatic heterocycles. The van der Waals surface area contributed by atoms with Crippen molar-refractivity contribution in [1.82, 2.24) is 5.32 Å². The molecule has 7 nitrogen and oxygen atoms in total. The number of carbonyl (C=O) groups excluding carboxylic acids is 2. The lowest BCUT2D eigenvalue weighted by Crippen LogP contribution is -2.47. The summed E-state index contributed by atoms with van der Waals surface area (Å²) in [5, 5.41) is 5.44. The van der Waals surface area contributed by atoms with E-state index in [-0.39, 0.29) is 18.4 Å². The van der Waals surface area contributed by atoms with Crippen molar-refractivity contribution in [2.75, 3.05) is 19.0 Å². The van der Waals surface area contributed by atoms with Crippen LogP contribution >= 0.6 is 0 Å². The summed E-state index contributed by atoms with van der Waals surface area (Å²) in [7, 11) is 1.53. The molecule has 0 heterocycles. The Balaban J connectivity index is 1.99. The zero-order valence-corrected chi connectivity index (χ0v) is 17.2. The molecule has 0 saturated carbocycles. The number of hydrogen-bond donors (Lipinski definition) is 2. The Morgan fingerprint density at radius 2 is 1.76 bits per heavy atom. The highest BCUT2D eigenvalue weighted by atomic mass is 16.5. The van der Waals surface area contributed by atoms with Gasteiger partial charge >= 0.3 is 6.09 Å². The van der Waals surface area contributed by atoms with Crippen molar-refractivity contribution < 1.29 is 23.8 Å². The predicted molar refractivity (Wildman–Crippen MR) is 111 cm³/mol. The van der Waals surface area contributed by atoms with Gasteiger partial charge in [-0.2, -0.15) is 0 Å². The Bertz CT molecular complexity index is 808. The summed E-state index contributed by atoms with van der Waals surface area (Å²) in [4.78, 5) is 24.9. The Labute approximate surface area is 171 Å². The first-order valence-electron chi connectivity index (χ1n) is 9.53. The van der Waals surface area contributed by atoms with Crippen LogP contribution in [-0.4, -0.2) is 31.8 Å². The minimum Gasteiger partial charge on any atom is -0.493 e. The molecule has 0 saturated heterocycles. The van der Waals surface area contributed by atoms with Gasteiger partial charge in [0.05, 0.1) is 13.7 Å². The molecule has 1 atom stereocenters. The molecule has 29 heavy (non-hydrogen) atoms. The average molecular weight is 400 g/mol. The molecule has 156 valence electrons. The van der Waals surface area contributed by atoms with Crippen LogP contribution in [0.25, 0.3) is 0 Å². The third-order valence-corrected chi connectivity index (χ3v) is 4.17. The van der Waals surface area contributed by atoms with Gasteiger partial charge in [-0.3, -0.25) is 4.79 Å². The first-order chi connectivity index (χ1) is 13.9. The quantitative estimate of drug-likeness (QED) is 0.665. The van der Waals surface area contributed by atoms with Crippen molar-refractivity contribution in [2.45, 2.75) is 33.4 Å². The molecule has 2 amide bonds. The van der Waals surface area contributed by atoms with Crippen LogP contribution in [0.5, 0.6) is 11.5 Å². The predicted octanol–water partition coefficient (Wildman–Crippen LogP) is 3.98. The number of benzene rings is 2. The lowest BCUT2D eigenvalue weighted by atomic mass is 10.0. The minimum absolute atomic E-state index is 0.134. The van der Waals surface area contributed by atoms with Crippen LogP contribution in [0, 0.1) is 5.92 Å². The highest BCUT2D eigenvalue weighted by molar-refractivity contribution is 5.97. The number of amides is 2. The topological polar surface area (TPSA) is 85.9 Å². The molecule has 7 heteroatoms. The van der Waals surface area contributed by atoms with Crippen LogP contribution in [0.15, 0.2) is 48.5 Å². The molecule has 0 fully saturated rings. The van der Waals surface area contributed by atoms with Gasteiger partial charge in [-0.1, -0.05) is 44.2 Å². The standard InChI is InChI=1S/C22H28N2O5/c1-5-28-18-12-11-17(13-19(18)27-4)23-21(25)20(15(2)3)24-22(26)29-14-16-9-7-6-8-10-16/h6-13,15,20H,5,14H2,1-4H3,(H,23,25)(H,24,26)/t20-/m0/s1. The highest BCUT2D eigenvalue weighted by Crippen LogP contribution is 2.30. The molecular weight excluding hydrogens is 372 g/mol. The van der Waals surface area contributed by atoms with Crippen LogP contribution < -0.4 is 20.1 Å². The van der Waals surface area contributed by atoms with E-state index in [1.807, 2.05) is 51.1 Å². The van der Waals surface area contributed by atoms with Crippen LogP contribution in [0.1, 0.15) is 26.3 Å². The van der Waals surface area contributed by atoms with Crippen molar-refractivity contribution >= 4 is 17.7 Å². The first kappa shape index (κ1) is 22.1. The van der Waals surface area contributed by atoms with Gasteiger partial charge in [0.25, 0.3) is 0 Å². The van der Waals surface area contributed by atoms with E-state index in [4.69, 9.17) is 14.2 Å². The molecule has 0 spiro atoms. The fraction of sp³-hybridized carbons (Fsp3) is 0.364. The fourth-order valence-electron chi connectivity index (χ4n) is 2.67. The molecule has 2 aromatic carbocycles. The maximum Gasteiger partial charge on any atom is 0.408 e. The molecule has 0 unspecified atom stereocenters. The van der Waals surface area contributed by atoms with Gasteiger partial charge in [-0.25, -0.2) is 4.79 Å². The summed E-state index contributed by atoms with van der Waals surface area (Å²) in [5.74, 6) is 0.628. The number of rotatable bonds is 9. The van der Waals surface area contributed by atoms with Crippen molar-refractivity contribution in [1.29, 1.82) is 0 Å². The van der Waals surface area contributed by atoms with Gasteiger partial charge in [0.15, 0.2) is 11.5 Å². The Morgan fingerprint density at radius 1 is 1.03 bits per heavy atom. The molecule has 0 bridgehead atoms. The average Bonchev–Trinajstić information content (AvgIpc) is 2.72. The minimum atomic E-state index is -0.754. The Morgan fingerprint density at radius 3 is 2.38 bits per heavy atom. The summed E-state index contributed by atoms with van der Waals surface area (Å²) in [6, 6.07) is 13.7. The van der Waals surface area contributed by atoms with Crippen LogP contribution in [0.2, 0.25) is 0 Å². The lowest BCUT2D eigenvalue weighted by Gasteiger charge is -2.21. The molecule has 0 radical (unpaired) electrons. The number of alkyl carbamates (subject to hydrolysis) is 1. The number of methoxy groups -OCH3 is 1. The van der Waals surface area contributed by atoms with E-state index in [0.29, 0.717) is 23.8 Å². The van der Waals surface area contributed by atoms with Crippen molar-refractivity contribution in [2.24, 2.45) is 5.92 Å². The summed E-state index contributed by atoms with van der Waals surface area (Å²) < 4.78 is 16.0. The van der Waals surface area contributed by atoms with Gasteiger partial charge < -0.3 is 24.8 Å². The molecular formula is C22H28N2O5. The largest absolute Gasteiger partial charge is 0.493 e. The van der Waals surface area contributed by atoms with Crippen molar-refractivity contribution in [3.05, 3.63) is 54.1 Å². The van der Waals surface area contributed by atoms with Crippen molar-refractivity contribution in [3.8, 4) is 11.5 Å². The second-order valence-electron chi connectivity index (χ2n) is 6.72. The lowest BCUT2D eigenvalue weighted by molar-refractivity contribution is -0.119. The van der Waals surface area contributed by atoms with E-state index in [2.05, 4.69) is 10.6 Å². The second-order valence-corrected chi connectivity index (χ2v) is 6.72. The second kappa shape index (κ2) is 10.9. The number of anilines is 1. The first-order valence-corrected chi connectivity index (χ1v) is 9.53. The molecule has 2 rings (SSSR count).